The molecular formula is C22H21N3O5S. The van der Waals surface area contributed by atoms with Gasteiger partial charge in [-0.1, -0.05) is 12.1 Å². The number of carbonyl (C=O) groups excluding carboxylic acids is 1. The zero-order valence-electron chi connectivity index (χ0n) is 17.2. The normalized spacial score (nSPS) is 11.3. The number of hydrogen-bond donors (Lipinski definition) is 1. The third kappa shape index (κ3) is 5.46. The van der Waals surface area contributed by atoms with Crippen molar-refractivity contribution >= 4 is 22.2 Å². The minimum atomic E-state index is -3.81. The van der Waals surface area contributed by atoms with E-state index in [2.05, 4.69) is 14.9 Å². The van der Waals surface area contributed by atoms with Crippen molar-refractivity contribution in [3.05, 3.63) is 83.2 Å². The summed E-state index contributed by atoms with van der Waals surface area (Å²) >= 11 is 0. The van der Waals surface area contributed by atoms with Crippen LogP contribution in [-0.2, 0) is 10.0 Å². The summed E-state index contributed by atoms with van der Waals surface area (Å²) in [5.41, 5.74) is 2.29. The number of aryl methyl sites for hydroxylation is 2. The first-order valence-electron chi connectivity index (χ1n) is 9.22. The van der Waals surface area contributed by atoms with Crippen molar-refractivity contribution in [3.8, 4) is 11.5 Å². The predicted octanol–water partition coefficient (Wildman–Crippen LogP) is 3.24. The molecule has 31 heavy (non-hydrogen) atoms. The molecule has 0 saturated carbocycles. The van der Waals surface area contributed by atoms with E-state index in [1.54, 1.807) is 49.5 Å². The monoisotopic (exact) mass is 439 g/mol. The number of aromatic nitrogens is 1. The molecule has 0 bridgehead atoms. The Morgan fingerprint density at radius 3 is 2.61 bits per heavy atom. The zero-order valence-corrected chi connectivity index (χ0v) is 18.0. The highest BCUT2D eigenvalue weighted by atomic mass is 32.2. The van der Waals surface area contributed by atoms with Crippen LogP contribution in [0.1, 0.15) is 27.0 Å². The summed E-state index contributed by atoms with van der Waals surface area (Å²) in [5, 5.41) is 3.84. The zero-order chi connectivity index (χ0) is 22.4. The molecule has 9 heteroatoms. The first-order valence-corrected chi connectivity index (χ1v) is 10.7. The number of ether oxygens (including phenoxy) is 2. The van der Waals surface area contributed by atoms with Crippen LogP contribution in [0.5, 0.6) is 11.5 Å². The van der Waals surface area contributed by atoms with Crippen molar-refractivity contribution in [2.24, 2.45) is 5.10 Å². The van der Waals surface area contributed by atoms with E-state index in [0.29, 0.717) is 22.4 Å². The van der Waals surface area contributed by atoms with Crippen LogP contribution < -0.4 is 14.3 Å². The van der Waals surface area contributed by atoms with Gasteiger partial charge in [0.05, 0.1) is 23.8 Å². The molecule has 0 fully saturated rings. The van der Waals surface area contributed by atoms with E-state index in [1.807, 2.05) is 13.0 Å². The Bertz CT molecular complexity index is 1230. The van der Waals surface area contributed by atoms with Crippen LogP contribution in [0.15, 0.2) is 70.9 Å². The topological polar surface area (TPSA) is 107 Å². The fourth-order valence-corrected chi connectivity index (χ4v) is 3.83. The second-order valence-corrected chi connectivity index (χ2v) is 8.29. The molecule has 0 unspecified atom stereocenters. The van der Waals surface area contributed by atoms with Gasteiger partial charge in [0.1, 0.15) is 0 Å². The highest BCUT2D eigenvalue weighted by molar-refractivity contribution is 7.89. The summed E-state index contributed by atoms with van der Waals surface area (Å²) in [6.45, 7) is 3.53. The number of nitrogens with one attached hydrogen (secondary N) is 1. The van der Waals surface area contributed by atoms with Gasteiger partial charge in [-0.25, -0.2) is 9.63 Å². The molecule has 0 aliphatic rings. The number of hydrogen-bond acceptors (Lipinski definition) is 7. The number of rotatable bonds is 7. The van der Waals surface area contributed by atoms with Gasteiger partial charge in [-0.05, 0) is 66.9 Å². The van der Waals surface area contributed by atoms with Crippen molar-refractivity contribution < 1.29 is 22.7 Å². The average molecular weight is 439 g/mol. The highest BCUT2D eigenvalue weighted by Crippen LogP contribution is 2.28. The van der Waals surface area contributed by atoms with Gasteiger partial charge in [0.2, 0.25) is 0 Å². The number of benzene rings is 2. The molecule has 0 atom stereocenters. The highest BCUT2D eigenvalue weighted by Gasteiger charge is 2.16. The maximum absolute atomic E-state index is 12.5. The Morgan fingerprint density at radius 2 is 1.90 bits per heavy atom. The molecular weight excluding hydrogens is 418 g/mol. The summed E-state index contributed by atoms with van der Waals surface area (Å²) in [6.07, 6.45) is 4.29. The Labute approximate surface area is 180 Å². The van der Waals surface area contributed by atoms with E-state index in [9.17, 15) is 13.2 Å². The van der Waals surface area contributed by atoms with E-state index in [0.717, 1.165) is 5.56 Å². The molecule has 3 aromatic rings. The number of methoxy groups -OCH3 is 1. The molecule has 0 amide bonds. The first-order chi connectivity index (χ1) is 14.8. The van der Waals surface area contributed by atoms with E-state index in [-0.39, 0.29) is 10.6 Å². The van der Waals surface area contributed by atoms with Gasteiger partial charge in [-0.3, -0.25) is 4.98 Å². The number of pyridine rings is 1. The molecule has 0 aliphatic carbocycles. The van der Waals surface area contributed by atoms with Crippen LogP contribution in [-0.4, -0.2) is 32.7 Å². The van der Waals surface area contributed by atoms with Crippen molar-refractivity contribution in [1.82, 2.24) is 9.82 Å². The fourth-order valence-electron chi connectivity index (χ4n) is 2.71. The molecule has 0 aliphatic heterocycles. The van der Waals surface area contributed by atoms with Crippen LogP contribution in [0.2, 0.25) is 0 Å². The van der Waals surface area contributed by atoms with E-state index >= 15 is 0 Å². The largest absolute Gasteiger partial charge is 0.493 e. The Kier molecular flexibility index (Phi) is 6.66. The number of carbonyl (C=O) groups is 1. The van der Waals surface area contributed by atoms with Gasteiger partial charge >= 0.3 is 5.97 Å². The summed E-state index contributed by atoms with van der Waals surface area (Å²) < 4.78 is 35.7. The van der Waals surface area contributed by atoms with Crippen molar-refractivity contribution in [1.29, 1.82) is 0 Å². The number of nitrogens with zero attached hydrogens (tertiary/aromatic N) is 2. The summed E-state index contributed by atoms with van der Waals surface area (Å²) in [6, 6.07) is 13.1. The summed E-state index contributed by atoms with van der Waals surface area (Å²) in [5.74, 6) is -0.0721. The molecule has 3 rings (SSSR count). The molecule has 2 aromatic carbocycles. The van der Waals surface area contributed by atoms with Crippen molar-refractivity contribution in [3.63, 3.8) is 0 Å². The second-order valence-electron chi connectivity index (χ2n) is 6.66. The third-order valence-corrected chi connectivity index (χ3v) is 5.67. The molecule has 8 nitrogen and oxygen atoms in total. The first kappa shape index (κ1) is 22.0. The third-order valence-electron chi connectivity index (χ3n) is 4.31. The lowest BCUT2D eigenvalue weighted by Gasteiger charge is -2.10. The Balaban J connectivity index is 1.74. The second kappa shape index (κ2) is 9.40. The van der Waals surface area contributed by atoms with E-state index in [1.165, 1.54) is 25.6 Å². The molecule has 1 N–H and O–H groups in total. The van der Waals surface area contributed by atoms with Crippen LogP contribution in [0, 0.1) is 13.8 Å². The van der Waals surface area contributed by atoms with Gasteiger partial charge < -0.3 is 9.47 Å². The van der Waals surface area contributed by atoms with Crippen LogP contribution in [0.3, 0.4) is 0 Å². The standard InChI is InChI=1S/C22H21N3O5S/c1-15-6-7-16(2)21(11-15)31(27,28)25-24-13-17-8-9-19(20(12-17)29-3)30-22(26)18-5-4-10-23-14-18/h4-14,25H,1-3H3/b24-13-. The molecule has 1 aromatic heterocycles. The lowest BCUT2D eigenvalue weighted by molar-refractivity contribution is 0.0729. The van der Waals surface area contributed by atoms with Crippen molar-refractivity contribution in [2.75, 3.05) is 7.11 Å². The average Bonchev–Trinajstić information content (AvgIpc) is 2.76. The SMILES string of the molecule is COc1cc(/C=N\NS(=O)(=O)c2cc(C)ccc2C)ccc1OC(=O)c1cccnc1. The van der Waals surface area contributed by atoms with Gasteiger partial charge in [-0.2, -0.15) is 13.5 Å². The lowest BCUT2D eigenvalue weighted by atomic mass is 10.2. The molecule has 0 saturated heterocycles. The van der Waals surface area contributed by atoms with Crippen LogP contribution >= 0.6 is 0 Å². The predicted molar refractivity (Wildman–Crippen MR) is 116 cm³/mol. The molecule has 0 radical (unpaired) electrons. The van der Waals surface area contributed by atoms with Gasteiger partial charge in [0.15, 0.2) is 11.5 Å². The van der Waals surface area contributed by atoms with E-state index < -0.39 is 16.0 Å². The van der Waals surface area contributed by atoms with E-state index in [4.69, 9.17) is 9.47 Å². The van der Waals surface area contributed by atoms with Crippen LogP contribution in [0.4, 0.5) is 0 Å². The summed E-state index contributed by atoms with van der Waals surface area (Å²) in [4.78, 5) is 18.5. The number of sulfonamides is 1. The summed E-state index contributed by atoms with van der Waals surface area (Å²) in [7, 11) is -2.38. The van der Waals surface area contributed by atoms with Gasteiger partial charge in [-0.15, -0.1) is 0 Å². The number of esters is 1. The quantitative estimate of drug-likeness (QED) is 0.262. The molecule has 1 heterocycles. The maximum atomic E-state index is 12.5. The molecule has 160 valence electrons. The van der Waals surface area contributed by atoms with Gasteiger partial charge in [0, 0.05) is 12.4 Å². The smallest absolute Gasteiger partial charge is 0.345 e. The van der Waals surface area contributed by atoms with Gasteiger partial charge in [0.25, 0.3) is 10.0 Å². The lowest BCUT2D eigenvalue weighted by Crippen LogP contribution is -2.19. The van der Waals surface area contributed by atoms with Crippen LogP contribution in [0.25, 0.3) is 0 Å². The fraction of sp³-hybridized carbons (Fsp3) is 0.136. The Hall–Kier alpha value is -3.72. The molecule has 0 spiro atoms. The van der Waals surface area contributed by atoms with Crippen molar-refractivity contribution in [2.45, 2.75) is 18.7 Å². The minimum Gasteiger partial charge on any atom is -0.493 e. The Morgan fingerprint density at radius 1 is 1.10 bits per heavy atom. The number of hydrazone groups is 1. The maximum Gasteiger partial charge on any atom is 0.345 e. The minimum absolute atomic E-state index is 0.167.